The van der Waals surface area contributed by atoms with Crippen LogP contribution in [0, 0.1) is 5.92 Å². The largest absolute Gasteiger partial charge is 0.473 e. The van der Waals surface area contributed by atoms with Crippen LogP contribution in [-0.2, 0) is 19.2 Å². The van der Waals surface area contributed by atoms with Crippen molar-refractivity contribution in [2.24, 2.45) is 5.92 Å². The van der Waals surface area contributed by atoms with E-state index in [1.165, 1.54) is 23.5 Å². The first-order valence-corrected chi connectivity index (χ1v) is 9.03. The number of thioether (sulfide) groups is 2. The lowest BCUT2D eigenvalue weighted by Crippen LogP contribution is -2.25. The van der Waals surface area contributed by atoms with Crippen molar-refractivity contribution >= 4 is 45.7 Å². The molecule has 0 heterocycles. The zero-order valence-corrected chi connectivity index (χ0v) is 15.5. The molecule has 0 aliphatic carbocycles. The second-order valence-electron chi connectivity index (χ2n) is 4.81. The summed E-state index contributed by atoms with van der Waals surface area (Å²) in [5, 5.41) is 15.3. The molecule has 134 valence electrons. The van der Waals surface area contributed by atoms with Gasteiger partial charge < -0.3 is 15.1 Å². The van der Waals surface area contributed by atoms with E-state index >= 15 is 0 Å². The van der Waals surface area contributed by atoms with Gasteiger partial charge in [0.2, 0.25) is 0 Å². The summed E-state index contributed by atoms with van der Waals surface area (Å²) >= 11 is 2.79. The predicted molar refractivity (Wildman–Crippen MR) is 92.8 cm³/mol. The van der Waals surface area contributed by atoms with Gasteiger partial charge in [-0.25, -0.2) is 9.59 Å². The summed E-state index contributed by atoms with van der Waals surface area (Å²) in [5.41, 5.74) is 0. The maximum absolute atomic E-state index is 11.3. The van der Waals surface area contributed by atoms with E-state index in [0.29, 0.717) is 18.8 Å². The van der Waals surface area contributed by atoms with Gasteiger partial charge in [-0.3, -0.25) is 9.59 Å². The monoisotopic (exact) mass is 367 g/mol. The number of carbonyl (C=O) groups excluding carboxylic acids is 2. The third kappa shape index (κ3) is 17.1. The minimum absolute atomic E-state index is 0.237. The maximum Gasteiger partial charge on any atom is 0.414 e. The summed E-state index contributed by atoms with van der Waals surface area (Å²) in [5.74, 6) is -1.63. The van der Waals surface area contributed by atoms with Gasteiger partial charge in [0.05, 0.1) is 0 Å². The van der Waals surface area contributed by atoms with E-state index in [1.807, 2.05) is 27.9 Å². The topological polar surface area (TPSA) is 112 Å². The van der Waals surface area contributed by atoms with E-state index in [9.17, 15) is 9.59 Å². The molecule has 0 rings (SSSR count). The Morgan fingerprint density at radius 2 is 1.22 bits per heavy atom. The van der Waals surface area contributed by atoms with Crippen LogP contribution in [-0.4, -0.2) is 69.4 Å². The van der Waals surface area contributed by atoms with Crippen molar-refractivity contribution in [1.82, 2.24) is 4.90 Å². The van der Waals surface area contributed by atoms with Crippen LogP contribution in [0.25, 0.3) is 0 Å². The number of carbonyl (C=O) groups is 4. The smallest absolute Gasteiger partial charge is 0.414 e. The molecule has 0 saturated heterocycles. The molecular formula is C14H25NO6S2. The molecule has 0 atom stereocenters. The van der Waals surface area contributed by atoms with Gasteiger partial charge in [-0.05, 0) is 20.0 Å². The second-order valence-corrected chi connectivity index (χ2v) is 6.97. The fourth-order valence-electron chi connectivity index (χ4n) is 1.30. The van der Waals surface area contributed by atoms with Gasteiger partial charge in [0.1, 0.15) is 0 Å². The third-order valence-electron chi connectivity index (χ3n) is 2.34. The Morgan fingerprint density at radius 3 is 1.43 bits per heavy atom. The van der Waals surface area contributed by atoms with Gasteiger partial charge in [-0.15, -0.1) is 0 Å². The van der Waals surface area contributed by atoms with Gasteiger partial charge in [-0.1, -0.05) is 37.4 Å². The number of carboxylic acid groups (broad SMARTS) is 2. The zero-order valence-electron chi connectivity index (χ0n) is 13.9. The van der Waals surface area contributed by atoms with Crippen LogP contribution in [0.5, 0.6) is 0 Å². The molecule has 7 nitrogen and oxygen atoms in total. The van der Waals surface area contributed by atoms with Gasteiger partial charge in [0.15, 0.2) is 10.2 Å². The number of aliphatic carboxylic acids is 2. The van der Waals surface area contributed by atoms with E-state index in [-0.39, 0.29) is 10.2 Å². The molecule has 9 heteroatoms. The number of hydrogen-bond acceptors (Lipinski definition) is 7. The highest BCUT2D eigenvalue weighted by molar-refractivity contribution is 8.14. The number of nitrogens with zero attached hydrogens (tertiary/aromatic N) is 1. The summed E-state index contributed by atoms with van der Waals surface area (Å²) in [6.07, 6.45) is 1.17. The van der Waals surface area contributed by atoms with Gasteiger partial charge in [-0.2, -0.15) is 0 Å². The third-order valence-corrected chi connectivity index (χ3v) is 4.84. The van der Waals surface area contributed by atoms with E-state index in [0.717, 1.165) is 18.1 Å². The Morgan fingerprint density at radius 1 is 0.870 bits per heavy atom. The molecule has 0 aliphatic heterocycles. The lowest BCUT2D eigenvalue weighted by Gasteiger charge is -2.19. The fraction of sp³-hybridized carbons (Fsp3) is 0.714. The van der Waals surface area contributed by atoms with Gasteiger partial charge in [0.25, 0.3) is 0 Å². The average Bonchev–Trinajstić information content (AvgIpc) is 2.49. The number of hydrogen-bond donors (Lipinski definition) is 2. The van der Waals surface area contributed by atoms with Crippen molar-refractivity contribution in [3.63, 3.8) is 0 Å². The molecule has 0 aromatic carbocycles. The molecule has 23 heavy (non-hydrogen) atoms. The van der Waals surface area contributed by atoms with Crippen molar-refractivity contribution in [2.45, 2.75) is 26.7 Å². The molecule has 0 aromatic heterocycles. The van der Waals surface area contributed by atoms with Crippen LogP contribution in [0.2, 0.25) is 0 Å². The standard InChI is InChI=1S/C12H23NO2S2.C2H2O4/c1-5-11(14)16-8-10(7-13(3)4)9-17-12(15)6-2;3-1(4)2(5)6/h10H,5-9H2,1-4H3;(H,3,4)(H,5,6). The highest BCUT2D eigenvalue weighted by Crippen LogP contribution is 2.18. The Balaban J connectivity index is 0. The van der Waals surface area contributed by atoms with Crippen molar-refractivity contribution in [3.05, 3.63) is 0 Å². The summed E-state index contributed by atoms with van der Waals surface area (Å²) in [6, 6.07) is 0. The normalized spacial score (nSPS) is 10.2. The van der Waals surface area contributed by atoms with Crippen LogP contribution in [0.1, 0.15) is 26.7 Å². The van der Waals surface area contributed by atoms with Crippen LogP contribution in [0.4, 0.5) is 0 Å². The second kappa shape index (κ2) is 14.5. The SMILES string of the molecule is CCC(=O)SCC(CSC(=O)CC)CN(C)C.O=C(O)C(=O)O. The highest BCUT2D eigenvalue weighted by atomic mass is 32.2. The molecule has 0 spiro atoms. The minimum atomic E-state index is -1.82. The molecule has 0 radical (unpaired) electrons. The molecule has 0 fully saturated rings. The summed E-state index contributed by atoms with van der Waals surface area (Å²) < 4.78 is 0. The van der Waals surface area contributed by atoms with E-state index in [1.54, 1.807) is 0 Å². The van der Waals surface area contributed by atoms with Crippen LogP contribution in [0.3, 0.4) is 0 Å². The van der Waals surface area contributed by atoms with E-state index in [4.69, 9.17) is 19.8 Å². The summed E-state index contributed by atoms with van der Waals surface area (Å²) in [4.78, 5) is 42.9. The van der Waals surface area contributed by atoms with Crippen molar-refractivity contribution in [1.29, 1.82) is 0 Å². The van der Waals surface area contributed by atoms with Crippen LogP contribution in [0.15, 0.2) is 0 Å². The Labute approximate surface area is 145 Å². The maximum atomic E-state index is 11.3. The molecule has 0 saturated carbocycles. The van der Waals surface area contributed by atoms with Gasteiger partial charge >= 0.3 is 11.9 Å². The quantitative estimate of drug-likeness (QED) is 0.618. The highest BCUT2D eigenvalue weighted by Gasteiger charge is 2.14. The lowest BCUT2D eigenvalue weighted by molar-refractivity contribution is -0.159. The molecule has 0 aliphatic rings. The number of carboxylic acids is 2. The van der Waals surface area contributed by atoms with Crippen LogP contribution < -0.4 is 0 Å². The first kappa shape index (κ1) is 24.2. The van der Waals surface area contributed by atoms with E-state index < -0.39 is 11.9 Å². The average molecular weight is 367 g/mol. The molecular weight excluding hydrogens is 342 g/mol. The van der Waals surface area contributed by atoms with Crippen LogP contribution >= 0.6 is 23.5 Å². The zero-order chi connectivity index (χ0) is 18.4. The first-order valence-electron chi connectivity index (χ1n) is 7.06. The molecule has 0 aromatic rings. The van der Waals surface area contributed by atoms with Crippen molar-refractivity contribution < 1.29 is 29.4 Å². The molecule has 2 N–H and O–H groups in total. The first-order chi connectivity index (χ1) is 10.6. The summed E-state index contributed by atoms with van der Waals surface area (Å²) in [7, 11) is 4.04. The number of rotatable bonds is 8. The molecule has 0 unspecified atom stereocenters. The van der Waals surface area contributed by atoms with E-state index in [2.05, 4.69) is 4.90 Å². The molecule has 0 amide bonds. The predicted octanol–water partition coefficient (Wildman–Crippen LogP) is 1.66. The molecule has 0 bridgehead atoms. The lowest BCUT2D eigenvalue weighted by atomic mass is 10.2. The summed E-state index contributed by atoms with van der Waals surface area (Å²) in [6.45, 7) is 4.69. The minimum Gasteiger partial charge on any atom is -0.473 e. The Hall–Kier alpha value is -1.06. The Kier molecular flexibility index (Phi) is 15.3. The Bertz CT molecular complexity index is 369. The van der Waals surface area contributed by atoms with Crippen molar-refractivity contribution in [3.8, 4) is 0 Å². The fourth-order valence-corrected chi connectivity index (χ4v) is 3.14. The van der Waals surface area contributed by atoms with Crippen molar-refractivity contribution in [2.75, 3.05) is 32.1 Å². The van der Waals surface area contributed by atoms with Gasteiger partial charge in [0, 0.05) is 30.9 Å².